The summed E-state index contributed by atoms with van der Waals surface area (Å²) < 4.78 is 16.6. The summed E-state index contributed by atoms with van der Waals surface area (Å²) in [5.41, 5.74) is 1.05. The summed E-state index contributed by atoms with van der Waals surface area (Å²) in [7, 11) is 1.68. The fourth-order valence-electron chi connectivity index (χ4n) is 1.68. The standard InChI is InChI=1S/C12H16O3/c1-9-11(13-2)8-14-12(15-9)10-6-4-3-5-7-10/h3-7,9,11-12H,8H2,1-2H3. The predicted octanol–water partition coefficient (Wildman–Crippen LogP) is 2.14. The largest absolute Gasteiger partial charge is 0.376 e. The average Bonchev–Trinajstić information content (AvgIpc) is 2.30. The summed E-state index contributed by atoms with van der Waals surface area (Å²) >= 11 is 0. The van der Waals surface area contributed by atoms with Crippen LogP contribution in [0.1, 0.15) is 18.8 Å². The summed E-state index contributed by atoms with van der Waals surface area (Å²) in [6, 6.07) is 9.95. The molecule has 82 valence electrons. The molecular formula is C12H16O3. The number of methoxy groups -OCH3 is 1. The molecule has 3 atom stereocenters. The van der Waals surface area contributed by atoms with Crippen molar-refractivity contribution in [1.82, 2.24) is 0 Å². The Hall–Kier alpha value is -0.900. The van der Waals surface area contributed by atoms with Crippen molar-refractivity contribution in [3.05, 3.63) is 35.9 Å². The van der Waals surface area contributed by atoms with Gasteiger partial charge in [-0.05, 0) is 6.92 Å². The van der Waals surface area contributed by atoms with Crippen LogP contribution in [0.25, 0.3) is 0 Å². The van der Waals surface area contributed by atoms with Gasteiger partial charge in [-0.3, -0.25) is 0 Å². The second-order valence-corrected chi connectivity index (χ2v) is 3.69. The van der Waals surface area contributed by atoms with Gasteiger partial charge in [-0.1, -0.05) is 30.3 Å². The molecule has 0 N–H and O–H groups in total. The van der Waals surface area contributed by atoms with Gasteiger partial charge in [0.05, 0.1) is 12.7 Å². The first-order chi connectivity index (χ1) is 7.31. The number of hydrogen-bond donors (Lipinski definition) is 0. The maximum atomic E-state index is 5.73. The normalized spacial score (nSPS) is 31.5. The van der Waals surface area contributed by atoms with Gasteiger partial charge in [0.2, 0.25) is 0 Å². The summed E-state index contributed by atoms with van der Waals surface area (Å²) in [5, 5.41) is 0. The van der Waals surface area contributed by atoms with Crippen LogP contribution in [0.3, 0.4) is 0 Å². The molecule has 3 heteroatoms. The number of hydrogen-bond acceptors (Lipinski definition) is 3. The molecule has 1 aliphatic heterocycles. The fourth-order valence-corrected chi connectivity index (χ4v) is 1.68. The Morgan fingerprint density at radius 1 is 1.27 bits per heavy atom. The van der Waals surface area contributed by atoms with Gasteiger partial charge in [0.25, 0.3) is 0 Å². The summed E-state index contributed by atoms with van der Waals surface area (Å²) in [6.45, 7) is 2.59. The summed E-state index contributed by atoms with van der Waals surface area (Å²) in [5.74, 6) is 0. The zero-order valence-corrected chi connectivity index (χ0v) is 9.05. The Labute approximate surface area is 90.0 Å². The third-order valence-corrected chi connectivity index (χ3v) is 2.65. The lowest BCUT2D eigenvalue weighted by Gasteiger charge is -2.33. The molecule has 0 amide bonds. The zero-order chi connectivity index (χ0) is 10.7. The molecule has 0 spiro atoms. The van der Waals surface area contributed by atoms with E-state index in [1.807, 2.05) is 37.3 Å². The monoisotopic (exact) mass is 208 g/mol. The molecule has 1 heterocycles. The number of ether oxygens (including phenoxy) is 3. The highest BCUT2D eigenvalue weighted by atomic mass is 16.7. The Balaban J connectivity index is 2.03. The van der Waals surface area contributed by atoms with E-state index in [4.69, 9.17) is 14.2 Å². The molecule has 1 aliphatic rings. The predicted molar refractivity (Wildman–Crippen MR) is 56.5 cm³/mol. The van der Waals surface area contributed by atoms with Crippen LogP contribution in [0.4, 0.5) is 0 Å². The lowest BCUT2D eigenvalue weighted by molar-refractivity contribution is -0.256. The molecule has 0 bridgehead atoms. The van der Waals surface area contributed by atoms with E-state index in [9.17, 15) is 0 Å². The SMILES string of the molecule is COC1COC(c2ccccc2)OC1C. The first-order valence-corrected chi connectivity index (χ1v) is 5.16. The molecule has 3 unspecified atom stereocenters. The van der Waals surface area contributed by atoms with Crippen LogP contribution < -0.4 is 0 Å². The van der Waals surface area contributed by atoms with E-state index in [-0.39, 0.29) is 18.5 Å². The number of benzene rings is 1. The second-order valence-electron chi connectivity index (χ2n) is 3.69. The van der Waals surface area contributed by atoms with Crippen molar-refractivity contribution in [2.75, 3.05) is 13.7 Å². The Kier molecular flexibility index (Phi) is 3.36. The van der Waals surface area contributed by atoms with Crippen molar-refractivity contribution in [1.29, 1.82) is 0 Å². The van der Waals surface area contributed by atoms with Crippen LogP contribution in [0.5, 0.6) is 0 Å². The van der Waals surface area contributed by atoms with E-state index in [0.717, 1.165) is 5.56 Å². The lowest BCUT2D eigenvalue weighted by Crippen LogP contribution is -2.39. The summed E-state index contributed by atoms with van der Waals surface area (Å²) in [6.07, 6.45) is -0.161. The molecule has 1 saturated heterocycles. The zero-order valence-electron chi connectivity index (χ0n) is 9.05. The van der Waals surface area contributed by atoms with Crippen LogP contribution in [0, 0.1) is 0 Å². The first-order valence-electron chi connectivity index (χ1n) is 5.16. The van der Waals surface area contributed by atoms with E-state index < -0.39 is 0 Å². The quantitative estimate of drug-likeness (QED) is 0.745. The third kappa shape index (κ3) is 2.37. The van der Waals surface area contributed by atoms with E-state index >= 15 is 0 Å². The van der Waals surface area contributed by atoms with Gasteiger partial charge in [0.1, 0.15) is 6.10 Å². The van der Waals surface area contributed by atoms with E-state index in [0.29, 0.717) is 6.61 Å². The van der Waals surface area contributed by atoms with Crippen molar-refractivity contribution in [2.24, 2.45) is 0 Å². The maximum Gasteiger partial charge on any atom is 0.184 e. The summed E-state index contributed by atoms with van der Waals surface area (Å²) in [4.78, 5) is 0. The topological polar surface area (TPSA) is 27.7 Å². The minimum atomic E-state index is -0.257. The van der Waals surface area contributed by atoms with Crippen molar-refractivity contribution in [2.45, 2.75) is 25.4 Å². The van der Waals surface area contributed by atoms with Crippen LogP contribution in [-0.4, -0.2) is 25.9 Å². The highest BCUT2D eigenvalue weighted by Crippen LogP contribution is 2.26. The second kappa shape index (κ2) is 4.75. The van der Waals surface area contributed by atoms with Gasteiger partial charge in [0.15, 0.2) is 6.29 Å². The molecule has 2 rings (SSSR count). The molecule has 1 aromatic carbocycles. The lowest BCUT2D eigenvalue weighted by atomic mass is 10.1. The van der Waals surface area contributed by atoms with E-state index in [2.05, 4.69) is 0 Å². The molecule has 0 aliphatic carbocycles. The smallest absolute Gasteiger partial charge is 0.184 e. The maximum absolute atomic E-state index is 5.73. The molecule has 1 aromatic rings. The van der Waals surface area contributed by atoms with E-state index in [1.54, 1.807) is 7.11 Å². The van der Waals surface area contributed by atoms with Gasteiger partial charge >= 0.3 is 0 Å². The van der Waals surface area contributed by atoms with Gasteiger partial charge in [-0.25, -0.2) is 0 Å². The van der Waals surface area contributed by atoms with Crippen molar-refractivity contribution >= 4 is 0 Å². The number of rotatable bonds is 2. The molecule has 3 nitrogen and oxygen atoms in total. The fraction of sp³-hybridized carbons (Fsp3) is 0.500. The van der Waals surface area contributed by atoms with Gasteiger partial charge in [-0.15, -0.1) is 0 Å². The highest BCUT2D eigenvalue weighted by molar-refractivity contribution is 5.16. The van der Waals surface area contributed by atoms with Crippen LogP contribution in [-0.2, 0) is 14.2 Å². The molecule has 15 heavy (non-hydrogen) atoms. The van der Waals surface area contributed by atoms with Gasteiger partial charge in [0, 0.05) is 12.7 Å². The van der Waals surface area contributed by atoms with Crippen LogP contribution in [0.15, 0.2) is 30.3 Å². The molecule has 1 fully saturated rings. The first kappa shape index (κ1) is 10.6. The van der Waals surface area contributed by atoms with Crippen molar-refractivity contribution in [3.63, 3.8) is 0 Å². The van der Waals surface area contributed by atoms with Gasteiger partial charge in [-0.2, -0.15) is 0 Å². The minimum absolute atomic E-state index is 0.0324. The highest BCUT2D eigenvalue weighted by Gasteiger charge is 2.29. The molecule has 0 aromatic heterocycles. The van der Waals surface area contributed by atoms with Crippen LogP contribution in [0.2, 0.25) is 0 Å². The molecule has 0 saturated carbocycles. The van der Waals surface area contributed by atoms with Crippen molar-refractivity contribution < 1.29 is 14.2 Å². The Bertz CT molecular complexity index is 299. The third-order valence-electron chi connectivity index (χ3n) is 2.65. The van der Waals surface area contributed by atoms with Crippen molar-refractivity contribution in [3.8, 4) is 0 Å². The van der Waals surface area contributed by atoms with E-state index in [1.165, 1.54) is 0 Å². The molecular weight excluding hydrogens is 192 g/mol. The average molecular weight is 208 g/mol. The minimum Gasteiger partial charge on any atom is -0.376 e. The Morgan fingerprint density at radius 3 is 2.60 bits per heavy atom. The Morgan fingerprint density at radius 2 is 2.00 bits per heavy atom. The van der Waals surface area contributed by atoms with Gasteiger partial charge < -0.3 is 14.2 Å². The van der Waals surface area contributed by atoms with Crippen LogP contribution >= 0.6 is 0 Å². The molecule has 0 radical (unpaired) electrons.